The molecule has 0 heterocycles. The summed E-state index contributed by atoms with van der Waals surface area (Å²) in [5.41, 5.74) is 66.1. The van der Waals surface area contributed by atoms with Crippen molar-refractivity contribution in [3.63, 3.8) is 0 Å². The fourth-order valence-electron chi connectivity index (χ4n) is 7.99. The maximum absolute atomic E-state index is 14.4. The van der Waals surface area contributed by atoms with Crippen molar-refractivity contribution < 1.29 is 57.8 Å². The molecule has 0 unspecified atom stereocenters. The van der Waals surface area contributed by atoms with Crippen LogP contribution in [0.15, 0.2) is 20.0 Å². The largest absolute Gasteiger partial charge is 0.391 e. The minimum atomic E-state index is -1.82. The average molecular weight is 1230 g/mol. The molecule has 0 spiro atoms. The van der Waals surface area contributed by atoms with E-state index >= 15 is 0 Å². The van der Waals surface area contributed by atoms with Crippen molar-refractivity contribution in [2.24, 2.45) is 88.8 Å². The molecular formula is C49H95N25O12. The third-order valence-corrected chi connectivity index (χ3v) is 12.4. The van der Waals surface area contributed by atoms with Crippen LogP contribution in [0.3, 0.4) is 0 Å². The van der Waals surface area contributed by atoms with Gasteiger partial charge in [0.15, 0.2) is 23.8 Å². The molecule has 37 nitrogen and oxygen atoms in total. The number of nitrogens with one attached hydrogen (secondary N) is 9. The fraction of sp³-hybridized carbons (Fsp3) is 0.694. The average Bonchev–Trinajstić information content (AvgIpc) is 2.89. The van der Waals surface area contributed by atoms with Crippen molar-refractivity contribution in [1.29, 1.82) is 0 Å². The first-order chi connectivity index (χ1) is 40.4. The van der Waals surface area contributed by atoms with Gasteiger partial charge in [-0.25, -0.2) is 0 Å². The number of aliphatic hydroxyl groups excluding tert-OH is 1. The van der Waals surface area contributed by atoms with Crippen molar-refractivity contribution in [3.05, 3.63) is 0 Å². The van der Waals surface area contributed by atoms with E-state index in [1.54, 1.807) is 0 Å². The Morgan fingerprint density at radius 1 is 0.360 bits per heavy atom. The zero-order chi connectivity index (χ0) is 65.5. The highest BCUT2D eigenvalue weighted by Crippen LogP contribution is 2.11. The number of aliphatic hydroxyl groups is 1. The van der Waals surface area contributed by atoms with E-state index < -0.39 is 132 Å². The van der Waals surface area contributed by atoms with Gasteiger partial charge >= 0.3 is 0 Å². The number of guanidine groups is 4. The molecule has 0 aromatic carbocycles. The first kappa shape index (κ1) is 77.1. The van der Waals surface area contributed by atoms with Crippen LogP contribution in [0.5, 0.6) is 0 Å². The van der Waals surface area contributed by atoms with E-state index in [0.717, 1.165) is 0 Å². The summed E-state index contributed by atoms with van der Waals surface area (Å²) in [7, 11) is 0. The van der Waals surface area contributed by atoms with Crippen LogP contribution >= 0.6 is 0 Å². The summed E-state index contributed by atoms with van der Waals surface area (Å²) in [6.07, 6.45) is -1.04. The fourth-order valence-corrected chi connectivity index (χ4v) is 7.99. The molecule has 10 atom stereocenters. The normalized spacial score (nSPS) is 14.3. The number of amides is 11. The lowest BCUT2D eigenvalue weighted by atomic mass is 10.0. The van der Waals surface area contributed by atoms with Gasteiger partial charge in [-0.15, -0.1) is 0 Å². The summed E-state index contributed by atoms with van der Waals surface area (Å²) in [6, 6.07) is -13.1. The molecule has 0 bridgehead atoms. The Kier molecular flexibility index (Phi) is 38.4. The van der Waals surface area contributed by atoms with Gasteiger partial charge in [0.25, 0.3) is 0 Å². The number of hydrogen-bond donors (Lipinski definition) is 22. The molecule has 488 valence electrons. The van der Waals surface area contributed by atoms with Gasteiger partial charge in [0, 0.05) is 33.1 Å². The minimum Gasteiger partial charge on any atom is -0.391 e. The Balaban J connectivity index is 7.10. The topological polar surface area (TPSA) is 678 Å². The zero-order valence-electron chi connectivity index (χ0n) is 49.3. The first-order valence-corrected chi connectivity index (χ1v) is 28.0. The Bertz CT molecular complexity index is 2340. The van der Waals surface area contributed by atoms with Crippen molar-refractivity contribution in [2.45, 2.75) is 178 Å². The predicted molar refractivity (Wildman–Crippen MR) is 319 cm³/mol. The molecule has 0 aliphatic carbocycles. The molecule has 0 radical (unpaired) electrons. The van der Waals surface area contributed by atoms with Crippen molar-refractivity contribution in [2.75, 3.05) is 39.3 Å². The number of rotatable bonds is 45. The van der Waals surface area contributed by atoms with Gasteiger partial charge in [-0.05, 0) is 117 Å². The Morgan fingerprint density at radius 3 is 0.907 bits per heavy atom. The highest BCUT2D eigenvalue weighted by atomic mass is 16.3. The van der Waals surface area contributed by atoms with Crippen molar-refractivity contribution in [1.82, 2.24) is 47.9 Å². The Morgan fingerprint density at radius 2 is 0.628 bits per heavy atom. The number of unbranched alkanes of at least 4 members (excludes halogenated alkanes) is 2. The highest BCUT2D eigenvalue weighted by Gasteiger charge is 2.35. The minimum absolute atomic E-state index is 0.0246. The van der Waals surface area contributed by atoms with Crippen molar-refractivity contribution in [3.8, 4) is 0 Å². The molecule has 34 N–H and O–H groups in total. The monoisotopic (exact) mass is 1230 g/mol. The van der Waals surface area contributed by atoms with Crippen LogP contribution in [-0.2, 0) is 52.7 Å². The van der Waals surface area contributed by atoms with Crippen LogP contribution in [0.1, 0.15) is 117 Å². The number of carbonyl (C=O) groups is 11. The lowest BCUT2D eigenvalue weighted by molar-refractivity contribution is -0.136. The SMILES string of the molecule is CC(=O)N[C@@H](CCCN=C(N)N)C(=O)N[C@@H](C)C(=O)N[C@@H](CCCN=C(N)N)C(=O)N[C@@H](CC(N)=O)C(=O)N[C@@H](CCCN=C(N)N)C(=O)N[C@@H](CCCCN)C(=O)N[C@@H](CCCCN)C(=O)N[C@@H](CCCN=C(N)N)C(=O)N[C@H](C(N)=O)[C@@H](C)O. The van der Waals surface area contributed by atoms with Crippen LogP contribution in [0.25, 0.3) is 0 Å². The highest BCUT2D eigenvalue weighted by molar-refractivity contribution is 5.99. The van der Waals surface area contributed by atoms with E-state index in [-0.39, 0.29) is 140 Å². The van der Waals surface area contributed by atoms with E-state index in [4.69, 9.17) is 68.8 Å². The number of aliphatic imine (C=N–C) groups is 4. The van der Waals surface area contributed by atoms with E-state index in [9.17, 15) is 57.8 Å². The Labute approximate surface area is 498 Å². The summed E-state index contributed by atoms with van der Waals surface area (Å²) in [6.45, 7) is 4.14. The standard InChI is InChI=1S/C49H95N25O12/c1-25(66-39(80)28(67-27(3)76)14-8-20-62-46(54)55)38(79)68-31(15-9-21-63-47(56)57)43(84)73-34(24-35(52)77)45(86)72-32(16-10-22-64-48(58)59)42(83)70-29(12-4-6-18-50)40(81)69-30(13-5-7-19-51)41(82)71-33(17-11-23-65-49(60)61)44(85)74-36(26(2)75)37(53)78/h25-26,28-34,36,75H,4-24,50-51H2,1-3H3,(H2,52,77)(H2,53,78)(H,66,80)(H,67,76)(H,68,79)(H,69,81)(H,70,83)(H,71,82)(H,72,86)(H,73,84)(H,74,85)(H4,54,55,62)(H4,56,57,63)(H4,58,59,64)(H4,60,61,65)/t25-,26+,28-,29-,30-,31-,32-,33-,34-,36-/m0/s1. The number of primary amides is 2. The van der Waals surface area contributed by atoms with Crippen LogP contribution < -0.4 is 117 Å². The molecule has 0 saturated carbocycles. The molecule has 0 aromatic heterocycles. The maximum atomic E-state index is 14.4. The zero-order valence-corrected chi connectivity index (χ0v) is 49.3. The number of nitrogens with zero attached hydrogens (tertiary/aromatic N) is 4. The molecule has 0 aromatic rings. The molecule has 0 saturated heterocycles. The second-order valence-electron chi connectivity index (χ2n) is 20.0. The molecule has 86 heavy (non-hydrogen) atoms. The summed E-state index contributed by atoms with van der Waals surface area (Å²) in [5, 5.41) is 32.6. The lowest BCUT2D eigenvalue weighted by Crippen LogP contribution is -2.61. The molecule has 0 rings (SSSR count). The molecule has 37 heteroatoms. The predicted octanol–water partition coefficient (Wildman–Crippen LogP) is -10.4. The van der Waals surface area contributed by atoms with Gasteiger partial charge in [0.2, 0.25) is 65.0 Å². The quantitative estimate of drug-likeness (QED) is 0.0153. The molecule has 11 amide bonds. The summed E-state index contributed by atoms with van der Waals surface area (Å²) in [5.74, 6) is -11.2. The van der Waals surface area contributed by atoms with Crippen LogP contribution in [0.2, 0.25) is 0 Å². The van der Waals surface area contributed by atoms with E-state index in [0.29, 0.717) is 12.8 Å². The molecular weight excluding hydrogens is 1130 g/mol. The van der Waals surface area contributed by atoms with E-state index in [1.165, 1.54) is 20.8 Å². The summed E-state index contributed by atoms with van der Waals surface area (Å²) in [4.78, 5) is 164. The van der Waals surface area contributed by atoms with E-state index in [2.05, 4.69) is 67.8 Å². The Hall–Kier alpha value is -8.87. The van der Waals surface area contributed by atoms with Gasteiger partial charge < -0.3 is 122 Å². The summed E-state index contributed by atoms with van der Waals surface area (Å²) < 4.78 is 0. The second kappa shape index (κ2) is 42.9. The van der Waals surface area contributed by atoms with Crippen molar-refractivity contribution >= 4 is 88.8 Å². The number of carbonyl (C=O) groups excluding carboxylic acids is 11. The third-order valence-electron chi connectivity index (χ3n) is 12.4. The van der Waals surface area contributed by atoms with Gasteiger partial charge in [-0.2, -0.15) is 0 Å². The molecule has 0 fully saturated rings. The molecule has 0 aliphatic heterocycles. The van der Waals surface area contributed by atoms with Gasteiger partial charge in [0.05, 0.1) is 12.5 Å². The van der Waals surface area contributed by atoms with Crippen LogP contribution in [-0.4, -0.2) is 194 Å². The van der Waals surface area contributed by atoms with E-state index in [1.807, 2.05) is 0 Å². The number of hydrogen-bond acceptors (Lipinski definition) is 18. The summed E-state index contributed by atoms with van der Waals surface area (Å²) >= 11 is 0. The lowest BCUT2D eigenvalue weighted by Gasteiger charge is -2.28. The van der Waals surface area contributed by atoms with Crippen LogP contribution in [0.4, 0.5) is 0 Å². The van der Waals surface area contributed by atoms with Gasteiger partial charge in [-0.3, -0.25) is 72.7 Å². The van der Waals surface area contributed by atoms with Gasteiger partial charge in [-0.1, -0.05) is 0 Å². The maximum Gasteiger partial charge on any atom is 0.243 e. The third kappa shape index (κ3) is 34.7. The van der Waals surface area contributed by atoms with Crippen LogP contribution in [0, 0.1) is 0 Å². The van der Waals surface area contributed by atoms with Gasteiger partial charge in [0.1, 0.15) is 54.4 Å². The molecule has 0 aliphatic rings. The smallest absolute Gasteiger partial charge is 0.243 e. The first-order valence-electron chi connectivity index (χ1n) is 28.0. The second-order valence-corrected chi connectivity index (χ2v) is 20.0. The number of nitrogens with two attached hydrogens (primary N) is 12.